The second-order valence-corrected chi connectivity index (χ2v) is 5.85. The lowest BCUT2D eigenvalue weighted by Gasteiger charge is -2.11. The Labute approximate surface area is 151 Å². The van der Waals surface area contributed by atoms with E-state index in [1.165, 1.54) is 0 Å². The van der Waals surface area contributed by atoms with Crippen LogP contribution in [-0.4, -0.2) is 63.8 Å². The average molecular weight is 378 g/mol. The Bertz CT molecular complexity index is 467. The Hall–Kier alpha value is -2.24. The number of aliphatic carboxylic acids is 3. The Morgan fingerprint density at radius 2 is 1.65 bits per heavy atom. The molecule has 26 heavy (non-hydrogen) atoms. The summed E-state index contributed by atoms with van der Waals surface area (Å²) in [5.74, 6) is -3.48. The molecule has 0 saturated carbocycles. The van der Waals surface area contributed by atoms with Crippen molar-refractivity contribution in [1.29, 1.82) is 0 Å². The Morgan fingerprint density at radius 1 is 1.12 bits per heavy atom. The number of carbonyl (C=O) groups is 4. The lowest BCUT2D eigenvalue weighted by Crippen LogP contribution is -2.36. The molecule has 1 saturated heterocycles. The second kappa shape index (κ2) is 14.0. The van der Waals surface area contributed by atoms with Crippen molar-refractivity contribution in [3.63, 3.8) is 0 Å². The number of amides is 1. The van der Waals surface area contributed by atoms with Crippen molar-refractivity contribution >= 4 is 23.8 Å². The minimum atomic E-state index is -1.21. The molecule has 0 aromatic heterocycles. The van der Waals surface area contributed by atoms with Gasteiger partial charge in [0.1, 0.15) is 18.1 Å². The van der Waals surface area contributed by atoms with E-state index >= 15 is 0 Å². The van der Waals surface area contributed by atoms with Crippen LogP contribution >= 0.6 is 0 Å². The number of hydrogen-bond donors (Lipinski definition) is 7. The number of carbonyl (C=O) groups excluding carboxylic acids is 1. The summed E-state index contributed by atoms with van der Waals surface area (Å²) in [4.78, 5) is 40.2. The first-order valence-electron chi connectivity index (χ1n) is 8.15. The number of rotatable bonds is 7. The maximum Gasteiger partial charge on any atom is 0.321 e. The van der Waals surface area contributed by atoms with Gasteiger partial charge < -0.3 is 37.8 Å². The fourth-order valence-corrected chi connectivity index (χ4v) is 1.70. The molecule has 11 heteroatoms. The predicted octanol–water partition coefficient (Wildman–Crippen LogP) is -1.46. The summed E-state index contributed by atoms with van der Waals surface area (Å²) in [7, 11) is 0. The van der Waals surface area contributed by atoms with E-state index in [-0.39, 0.29) is 18.4 Å². The highest BCUT2D eigenvalue weighted by Crippen LogP contribution is 2.04. The number of primary amides is 1. The Morgan fingerprint density at radius 3 is 1.81 bits per heavy atom. The van der Waals surface area contributed by atoms with E-state index in [9.17, 15) is 19.2 Å². The zero-order valence-corrected chi connectivity index (χ0v) is 15.1. The molecular weight excluding hydrogens is 348 g/mol. The van der Waals surface area contributed by atoms with Crippen molar-refractivity contribution in [2.24, 2.45) is 23.1 Å². The van der Waals surface area contributed by atoms with Gasteiger partial charge in [0.25, 0.3) is 0 Å². The molecule has 0 spiro atoms. The third-order valence-corrected chi connectivity index (χ3v) is 3.64. The largest absolute Gasteiger partial charge is 0.480 e. The van der Waals surface area contributed by atoms with Crippen LogP contribution in [0, 0.1) is 5.92 Å². The van der Waals surface area contributed by atoms with Crippen molar-refractivity contribution in [2.45, 2.75) is 57.7 Å². The predicted molar refractivity (Wildman–Crippen MR) is 93.1 cm³/mol. The van der Waals surface area contributed by atoms with Gasteiger partial charge in [-0.3, -0.25) is 19.2 Å². The van der Waals surface area contributed by atoms with Crippen LogP contribution in [-0.2, 0) is 19.2 Å². The minimum Gasteiger partial charge on any atom is -0.480 e. The van der Waals surface area contributed by atoms with E-state index in [4.69, 9.17) is 26.8 Å². The maximum absolute atomic E-state index is 10.2. The Balaban J connectivity index is 0. The van der Waals surface area contributed by atoms with Crippen LogP contribution in [0.4, 0.5) is 0 Å². The molecule has 4 atom stereocenters. The van der Waals surface area contributed by atoms with E-state index in [0.29, 0.717) is 0 Å². The number of hydrogen-bond acceptors (Lipinski definition) is 7. The first-order valence-corrected chi connectivity index (χ1v) is 8.15. The van der Waals surface area contributed by atoms with Gasteiger partial charge in [-0.2, -0.15) is 0 Å². The smallest absolute Gasteiger partial charge is 0.321 e. The molecule has 152 valence electrons. The summed E-state index contributed by atoms with van der Waals surface area (Å²) in [6, 6.07) is -2.13. The highest BCUT2D eigenvalue weighted by molar-refractivity contribution is 5.83. The van der Waals surface area contributed by atoms with Crippen LogP contribution in [0.5, 0.6) is 0 Å². The SMILES string of the molecule is CCC(C)C(N)C(=O)O.NC(=O)CC(N)C(=O)O.O=C(O)[C@@H]1CCCN1. The summed E-state index contributed by atoms with van der Waals surface area (Å²) in [6.07, 6.45) is 2.29. The highest BCUT2D eigenvalue weighted by atomic mass is 16.4. The van der Waals surface area contributed by atoms with Crippen molar-refractivity contribution in [3.8, 4) is 0 Å². The van der Waals surface area contributed by atoms with Crippen LogP contribution in [0.2, 0.25) is 0 Å². The van der Waals surface area contributed by atoms with Crippen molar-refractivity contribution in [3.05, 3.63) is 0 Å². The molecule has 0 radical (unpaired) electrons. The van der Waals surface area contributed by atoms with Crippen molar-refractivity contribution < 1.29 is 34.5 Å². The fraction of sp³-hybridized carbons (Fsp3) is 0.733. The van der Waals surface area contributed by atoms with Gasteiger partial charge in [0.15, 0.2) is 0 Å². The quantitative estimate of drug-likeness (QED) is 0.273. The first-order chi connectivity index (χ1) is 11.9. The topological polar surface area (TPSA) is 219 Å². The monoisotopic (exact) mass is 378 g/mol. The van der Waals surface area contributed by atoms with Gasteiger partial charge in [0, 0.05) is 0 Å². The molecule has 3 unspecified atom stereocenters. The molecule has 1 amide bonds. The molecule has 0 bridgehead atoms. The number of carboxylic acids is 3. The van der Waals surface area contributed by atoms with Crippen LogP contribution < -0.4 is 22.5 Å². The molecule has 11 nitrogen and oxygen atoms in total. The third-order valence-electron chi connectivity index (χ3n) is 3.64. The average Bonchev–Trinajstić information content (AvgIpc) is 3.08. The number of nitrogens with one attached hydrogen (secondary N) is 1. The summed E-state index contributed by atoms with van der Waals surface area (Å²) >= 11 is 0. The van der Waals surface area contributed by atoms with E-state index in [1.54, 1.807) is 0 Å². The maximum atomic E-state index is 10.2. The van der Waals surface area contributed by atoms with Crippen LogP contribution in [0.1, 0.15) is 39.5 Å². The molecule has 1 rings (SSSR count). The Kier molecular flexibility index (Phi) is 14.0. The first kappa shape index (κ1) is 26.0. The molecule has 1 heterocycles. The molecular formula is C15H30N4O7. The van der Waals surface area contributed by atoms with Gasteiger partial charge in [-0.05, 0) is 25.3 Å². The van der Waals surface area contributed by atoms with Crippen LogP contribution in [0.15, 0.2) is 0 Å². The van der Waals surface area contributed by atoms with Gasteiger partial charge in [-0.1, -0.05) is 20.3 Å². The van der Waals surface area contributed by atoms with Gasteiger partial charge in [-0.25, -0.2) is 0 Å². The van der Waals surface area contributed by atoms with E-state index in [1.807, 2.05) is 13.8 Å². The van der Waals surface area contributed by atoms with E-state index in [0.717, 1.165) is 25.8 Å². The lowest BCUT2D eigenvalue weighted by atomic mass is 10.0. The zero-order chi connectivity index (χ0) is 20.9. The minimum absolute atomic E-state index is 0.0718. The summed E-state index contributed by atoms with van der Waals surface area (Å²) < 4.78 is 0. The van der Waals surface area contributed by atoms with Gasteiger partial charge in [0.2, 0.25) is 5.91 Å². The van der Waals surface area contributed by atoms with E-state index in [2.05, 4.69) is 11.1 Å². The van der Waals surface area contributed by atoms with Crippen LogP contribution in [0.3, 0.4) is 0 Å². The molecule has 0 aromatic rings. The number of carboxylic acid groups (broad SMARTS) is 3. The molecule has 0 aromatic carbocycles. The molecule has 0 aliphatic carbocycles. The van der Waals surface area contributed by atoms with Crippen molar-refractivity contribution in [1.82, 2.24) is 5.32 Å². The fourth-order valence-electron chi connectivity index (χ4n) is 1.70. The van der Waals surface area contributed by atoms with Gasteiger partial charge >= 0.3 is 17.9 Å². The van der Waals surface area contributed by atoms with Crippen LogP contribution in [0.25, 0.3) is 0 Å². The third kappa shape index (κ3) is 13.1. The number of nitrogens with two attached hydrogens (primary N) is 3. The van der Waals surface area contributed by atoms with Crippen molar-refractivity contribution in [2.75, 3.05) is 6.54 Å². The van der Waals surface area contributed by atoms with Gasteiger partial charge in [0.05, 0.1) is 6.42 Å². The summed E-state index contributed by atoms with van der Waals surface area (Å²) in [5, 5.41) is 27.7. The molecule has 1 fully saturated rings. The lowest BCUT2D eigenvalue weighted by molar-refractivity contribution is -0.140. The molecule has 10 N–H and O–H groups in total. The molecule has 1 aliphatic heterocycles. The molecule has 1 aliphatic rings. The summed E-state index contributed by atoms with van der Waals surface area (Å²) in [5.41, 5.74) is 14.8. The van der Waals surface area contributed by atoms with Gasteiger partial charge in [-0.15, -0.1) is 0 Å². The normalized spacial score (nSPS) is 18.8. The summed E-state index contributed by atoms with van der Waals surface area (Å²) in [6.45, 7) is 4.61. The second-order valence-electron chi connectivity index (χ2n) is 5.85. The highest BCUT2D eigenvalue weighted by Gasteiger charge is 2.20. The van der Waals surface area contributed by atoms with E-state index < -0.39 is 35.9 Å². The standard InChI is InChI=1S/C6H13NO2.C5H9NO2.C4H8N2O3/c1-3-4(2)5(7)6(8)9;7-5(8)4-2-1-3-6-4;5-2(4(8)9)1-3(6)7/h4-5H,3,7H2,1-2H3,(H,8,9);4,6H,1-3H2,(H,7,8);2H,1,5H2,(H2,6,7)(H,8,9)/t;4-;/m.0./s1. The zero-order valence-electron chi connectivity index (χ0n) is 15.1.